The molecule has 0 saturated heterocycles. The molecule has 94 valence electrons. The van der Waals surface area contributed by atoms with Gasteiger partial charge in [-0.3, -0.25) is 0 Å². The molecule has 1 heteroatoms. The third kappa shape index (κ3) is 2.91. The molecule has 1 N–H and O–H groups in total. The largest absolute Gasteiger partial charge is 0.508 e. The van der Waals surface area contributed by atoms with Crippen LogP contribution in [0.15, 0.2) is 24.3 Å². The van der Waals surface area contributed by atoms with Crippen LogP contribution in [0.4, 0.5) is 0 Å². The zero-order chi connectivity index (χ0) is 12.8. The van der Waals surface area contributed by atoms with Crippen molar-refractivity contribution in [3.63, 3.8) is 0 Å². The van der Waals surface area contributed by atoms with Gasteiger partial charge in [-0.15, -0.1) is 0 Å². The van der Waals surface area contributed by atoms with Crippen molar-refractivity contribution in [2.45, 2.75) is 47.0 Å². The summed E-state index contributed by atoms with van der Waals surface area (Å²) in [6.07, 6.45) is 5.69. The van der Waals surface area contributed by atoms with E-state index in [1.807, 2.05) is 19.9 Å². The van der Waals surface area contributed by atoms with Gasteiger partial charge in [0.05, 0.1) is 0 Å². The van der Waals surface area contributed by atoms with Gasteiger partial charge in [0.25, 0.3) is 0 Å². The number of hydrogen-bond donors (Lipinski definition) is 1. The smallest absolute Gasteiger partial charge is 0.115 e. The Labute approximate surface area is 105 Å². The molecule has 0 radical (unpaired) electrons. The Balaban J connectivity index is 0.000000686. The quantitative estimate of drug-likeness (QED) is 0.777. The fourth-order valence-corrected chi connectivity index (χ4v) is 2.49. The molecule has 17 heavy (non-hydrogen) atoms. The van der Waals surface area contributed by atoms with Gasteiger partial charge in [0.15, 0.2) is 0 Å². The predicted molar refractivity (Wildman–Crippen MR) is 75.2 cm³/mol. The number of phenolic OH excluding ortho intramolecular Hbond substituents is 1. The lowest BCUT2D eigenvalue weighted by Gasteiger charge is -2.08. The summed E-state index contributed by atoms with van der Waals surface area (Å²) in [5.41, 5.74) is 4.14. The molecule has 0 aliphatic heterocycles. The average Bonchev–Trinajstić information content (AvgIpc) is 2.69. The number of phenols is 1. The summed E-state index contributed by atoms with van der Waals surface area (Å²) in [4.78, 5) is 0. The second kappa shape index (κ2) is 6.48. The van der Waals surface area contributed by atoms with Crippen LogP contribution >= 0.6 is 0 Å². The van der Waals surface area contributed by atoms with Gasteiger partial charge >= 0.3 is 0 Å². The molecule has 1 aromatic rings. The molecule has 1 aliphatic carbocycles. The molecule has 1 aromatic carbocycles. The minimum Gasteiger partial charge on any atom is -0.508 e. The van der Waals surface area contributed by atoms with E-state index in [-0.39, 0.29) is 0 Å². The summed E-state index contributed by atoms with van der Waals surface area (Å²) >= 11 is 0. The summed E-state index contributed by atoms with van der Waals surface area (Å²) in [5, 5.41) is 9.45. The lowest BCUT2D eigenvalue weighted by Crippen LogP contribution is -1.95. The van der Waals surface area contributed by atoms with E-state index in [4.69, 9.17) is 0 Å². The maximum absolute atomic E-state index is 9.45. The summed E-state index contributed by atoms with van der Waals surface area (Å²) in [5.74, 6) is 1.04. The highest BCUT2D eigenvalue weighted by molar-refractivity contribution is 5.75. The Morgan fingerprint density at radius 3 is 2.59 bits per heavy atom. The van der Waals surface area contributed by atoms with Gasteiger partial charge in [-0.2, -0.15) is 0 Å². The molecular weight excluding hydrogens is 208 g/mol. The van der Waals surface area contributed by atoms with Crippen LogP contribution in [0.1, 0.15) is 51.7 Å². The molecular formula is C16H24O. The number of fused-ring (bicyclic) bond motifs is 1. The first-order valence-electron chi connectivity index (χ1n) is 6.78. The van der Waals surface area contributed by atoms with E-state index >= 15 is 0 Å². The molecule has 0 aromatic heterocycles. The van der Waals surface area contributed by atoms with Crippen LogP contribution in [0.2, 0.25) is 0 Å². The zero-order valence-corrected chi connectivity index (χ0v) is 11.5. The van der Waals surface area contributed by atoms with E-state index in [0.717, 1.165) is 12.8 Å². The van der Waals surface area contributed by atoms with E-state index < -0.39 is 0 Å². The molecule has 1 nitrogen and oxygen atoms in total. The van der Waals surface area contributed by atoms with Gasteiger partial charge in [-0.25, -0.2) is 0 Å². The van der Waals surface area contributed by atoms with Crippen LogP contribution in [-0.2, 0) is 6.42 Å². The van der Waals surface area contributed by atoms with Gasteiger partial charge < -0.3 is 5.11 Å². The Morgan fingerprint density at radius 2 is 2.00 bits per heavy atom. The zero-order valence-electron chi connectivity index (χ0n) is 11.5. The van der Waals surface area contributed by atoms with Crippen LogP contribution < -0.4 is 0 Å². The van der Waals surface area contributed by atoms with Crippen molar-refractivity contribution in [1.82, 2.24) is 0 Å². The third-order valence-electron chi connectivity index (χ3n) is 3.22. The van der Waals surface area contributed by atoms with E-state index in [1.165, 1.54) is 23.1 Å². The number of hydrogen-bond acceptors (Lipinski definition) is 1. The molecule has 1 aliphatic rings. The molecule has 0 heterocycles. The van der Waals surface area contributed by atoms with Gasteiger partial charge in [0, 0.05) is 0 Å². The minimum atomic E-state index is 0.390. The van der Waals surface area contributed by atoms with Crippen LogP contribution in [-0.4, -0.2) is 5.11 Å². The van der Waals surface area contributed by atoms with Crippen molar-refractivity contribution in [2.75, 3.05) is 0 Å². The maximum atomic E-state index is 9.45. The normalized spacial score (nSPS) is 19.8. The van der Waals surface area contributed by atoms with Gasteiger partial charge in [-0.05, 0) is 54.0 Å². The van der Waals surface area contributed by atoms with Crippen molar-refractivity contribution in [2.24, 2.45) is 5.92 Å². The van der Waals surface area contributed by atoms with Crippen LogP contribution in [0.3, 0.4) is 0 Å². The van der Waals surface area contributed by atoms with Gasteiger partial charge in [0.1, 0.15) is 5.75 Å². The van der Waals surface area contributed by atoms with Crippen molar-refractivity contribution in [3.8, 4) is 5.75 Å². The fourth-order valence-electron chi connectivity index (χ4n) is 2.49. The second-order valence-corrected chi connectivity index (χ2v) is 4.22. The number of aromatic hydroxyl groups is 1. The van der Waals surface area contributed by atoms with Crippen molar-refractivity contribution in [3.05, 3.63) is 35.4 Å². The molecule has 0 spiro atoms. The first-order chi connectivity index (χ1) is 8.26. The fraction of sp³-hybridized carbons (Fsp3) is 0.500. The summed E-state index contributed by atoms with van der Waals surface area (Å²) in [7, 11) is 0. The highest BCUT2D eigenvalue weighted by Gasteiger charge is 2.24. The Bertz CT molecular complexity index is 391. The summed E-state index contributed by atoms with van der Waals surface area (Å²) in [6.45, 7) is 8.41. The molecule has 0 fully saturated rings. The molecule has 1 unspecified atom stereocenters. The Kier molecular flexibility index (Phi) is 5.27. The Morgan fingerprint density at radius 1 is 1.29 bits per heavy atom. The van der Waals surface area contributed by atoms with Crippen molar-refractivity contribution >= 4 is 5.57 Å². The highest BCUT2D eigenvalue weighted by Crippen LogP contribution is 2.40. The van der Waals surface area contributed by atoms with Crippen molar-refractivity contribution < 1.29 is 5.11 Å². The first kappa shape index (κ1) is 13.8. The second-order valence-electron chi connectivity index (χ2n) is 4.22. The molecule has 1 atom stereocenters. The highest BCUT2D eigenvalue weighted by atomic mass is 16.3. The van der Waals surface area contributed by atoms with Gasteiger partial charge in [-0.1, -0.05) is 39.8 Å². The predicted octanol–water partition coefficient (Wildman–Crippen LogP) is 4.79. The monoisotopic (exact) mass is 232 g/mol. The maximum Gasteiger partial charge on any atom is 0.115 e. The number of benzene rings is 1. The summed E-state index contributed by atoms with van der Waals surface area (Å²) < 4.78 is 0. The molecule has 0 amide bonds. The Hall–Kier alpha value is -1.24. The average molecular weight is 232 g/mol. The SMILES string of the molecule is CC.CC/C=C1/c2ccc(O)cc2CC1CC. The third-order valence-corrected chi connectivity index (χ3v) is 3.22. The topological polar surface area (TPSA) is 20.2 Å². The van der Waals surface area contributed by atoms with E-state index in [9.17, 15) is 5.11 Å². The standard InChI is InChI=1S/C14H18O.C2H6/c1-3-5-13-10(4-2)8-11-9-12(15)6-7-14(11)13;1-2/h5-7,9-10,15H,3-4,8H2,1-2H3;1-2H3/b13-5+;. The lowest BCUT2D eigenvalue weighted by molar-refractivity contribution is 0.474. The van der Waals surface area contributed by atoms with Crippen molar-refractivity contribution in [1.29, 1.82) is 0 Å². The number of rotatable bonds is 2. The van der Waals surface area contributed by atoms with Crippen LogP contribution in [0, 0.1) is 5.92 Å². The molecule has 0 saturated carbocycles. The summed E-state index contributed by atoms with van der Waals surface area (Å²) in [6, 6.07) is 5.76. The molecule has 0 bridgehead atoms. The van der Waals surface area contributed by atoms with E-state index in [2.05, 4.69) is 26.0 Å². The number of allylic oxidation sites excluding steroid dienone is 2. The van der Waals surface area contributed by atoms with Crippen LogP contribution in [0.25, 0.3) is 5.57 Å². The first-order valence-corrected chi connectivity index (χ1v) is 6.78. The van der Waals surface area contributed by atoms with Crippen LogP contribution in [0.5, 0.6) is 5.75 Å². The van der Waals surface area contributed by atoms with Gasteiger partial charge in [0.2, 0.25) is 0 Å². The molecule has 2 rings (SSSR count). The van der Waals surface area contributed by atoms with E-state index in [0.29, 0.717) is 11.7 Å². The van der Waals surface area contributed by atoms with E-state index in [1.54, 1.807) is 6.07 Å². The minimum absolute atomic E-state index is 0.390. The lowest BCUT2D eigenvalue weighted by atomic mass is 9.96.